The van der Waals surface area contributed by atoms with Gasteiger partial charge in [-0.3, -0.25) is 4.79 Å². The van der Waals surface area contributed by atoms with Crippen LogP contribution in [-0.2, 0) is 10.0 Å². The number of nitrogens with one attached hydrogen (secondary N) is 1. The Labute approximate surface area is 164 Å². The van der Waals surface area contributed by atoms with E-state index in [2.05, 4.69) is 5.32 Å². The number of amides is 1. The minimum Gasteiger partial charge on any atom is -0.459 e. The molecule has 1 aromatic heterocycles. The number of furan rings is 1. The summed E-state index contributed by atoms with van der Waals surface area (Å²) in [5.74, 6) is 0.307. The molecule has 0 bridgehead atoms. The normalized spacial score (nSPS) is 16.3. The van der Waals surface area contributed by atoms with Crippen molar-refractivity contribution in [1.29, 1.82) is 0 Å². The molecule has 0 saturated carbocycles. The summed E-state index contributed by atoms with van der Waals surface area (Å²) >= 11 is 0. The Morgan fingerprint density at radius 1 is 1.07 bits per heavy atom. The van der Waals surface area contributed by atoms with Crippen LogP contribution in [0.3, 0.4) is 0 Å². The van der Waals surface area contributed by atoms with E-state index in [1.807, 2.05) is 37.3 Å². The number of hydrogen-bond acceptors (Lipinski definition) is 4. The van der Waals surface area contributed by atoms with Crippen LogP contribution in [0.4, 0.5) is 0 Å². The van der Waals surface area contributed by atoms with E-state index in [1.54, 1.807) is 12.1 Å². The van der Waals surface area contributed by atoms with Gasteiger partial charge in [0.05, 0.1) is 10.9 Å². The Kier molecular flexibility index (Phi) is 4.95. The predicted molar refractivity (Wildman–Crippen MR) is 107 cm³/mol. The Balaban J connectivity index is 1.53. The molecular formula is C21H22N2O4S. The highest BCUT2D eigenvalue weighted by Gasteiger charge is 2.27. The van der Waals surface area contributed by atoms with Gasteiger partial charge in [-0.05, 0) is 50.1 Å². The average molecular weight is 398 g/mol. The fourth-order valence-electron chi connectivity index (χ4n) is 3.44. The van der Waals surface area contributed by atoms with Gasteiger partial charge < -0.3 is 9.73 Å². The van der Waals surface area contributed by atoms with Crippen LogP contribution in [0.15, 0.2) is 63.9 Å². The smallest absolute Gasteiger partial charge is 0.251 e. The van der Waals surface area contributed by atoms with Crippen molar-refractivity contribution < 1.29 is 17.6 Å². The first kappa shape index (κ1) is 18.7. The molecule has 1 aliphatic rings. The summed E-state index contributed by atoms with van der Waals surface area (Å²) in [5, 5.41) is 3.85. The molecule has 3 aromatic rings. The molecule has 146 valence electrons. The first-order valence-corrected chi connectivity index (χ1v) is 10.8. The maximum atomic E-state index is 12.7. The van der Waals surface area contributed by atoms with E-state index in [0.717, 1.165) is 23.8 Å². The van der Waals surface area contributed by atoms with Crippen LogP contribution >= 0.6 is 0 Å². The lowest BCUT2D eigenvalue weighted by Gasteiger charge is -2.16. The number of para-hydroxylation sites is 1. The lowest BCUT2D eigenvalue weighted by atomic mass is 10.1. The van der Waals surface area contributed by atoms with Crippen molar-refractivity contribution in [2.75, 3.05) is 13.1 Å². The second kappa shape index (κ2) is 7.41. The predicted octanol–water partition coefficient (Wildman–Crippen LogP) is 3.71. The molecule has 1 aliphatic heterocycles. The number of carbonyl (C=O) groups is 1. The first-order chi connectivity index (χ1) is 13.4. The van der Waals surface area contributed by atoms with Gasteiger partial charge in [-0.1, -0.05) is 24.3 Å². The molecule has 4 rings (SSSR count). The SMILES string of the molecule is C[C@@H](NC(=O)c1cccc(S(=O)(=O)N2CCCC2)c1)c1cc2ccccc2o1. The van der Waals surface area contributed by atoms with Gasteiger partial charge in [0, 0.05) is 24.0 Å². The topological polar surface area (TPSA) is 79.6 Å². The van der Waals surface area contributed by atoms with E-state index in [4.69, 9.17) is 4.42 Å². The highest BCUT2D eigenvalue weighted by atomic mass is 32.2. The fraction of sp³-hybridized carbons (Fsp3) is 0.286. The largest absolute Gasteiger partial charge is 0.459 e. The highest BCUT2D eigenvalue weighted by Crippen LogP contribution is 2.25. The molecule has 28 heavy (non-hydrogen) atoms. The quantitative estimate of drug-likeness (QED) is 0.711. The van der Waals surface area contributed by atoms with Gasteiger partial charge in [-0.25, -0.2) is 8.42 Å². The number of hydrogen-bond donors (Lipinski definition) is 1. The molecule has 0 radical (unpaired) electrons. The lowest BCUT2D eigenvalue weighted by molar-refractivity contribution is 0.0935. The second-order valence-electron chi connectivity index (χ2n) is 7.02. The highest BCUT2D eigenvalue weighted by molar-refractivity contribution is 7.89. The molecule has 1 saturated heterocycles. The minimum absolute atomic E-state index is 0.151. The maximum Gasteiger partial charge on any atom is 0.251 e. The van der Waals surface area contributed by atoms with E-state index in [9.17, 15) is 13.2 Å². The fourth-order valence-corrected chi connectivity index (χ4v) is 5.01. The summed E-state index contributed by atoms with van der Waals surface area (Å²) in [5.41, 5.74) is 1.07. The zero-order chi connectivity index (χ0) is 19.7. The Morgan fingerprint density at radius 2 is 1.82 bits per heavy atom. The van der Waals surface area contributed by atoms with Crippen LogP contribution in [-0.4, -0.2) is 31.7 Å². The van der Waals surface area contributed by atoms with Crippen LogP contribution < -0.4 is 5.32 Å². The molecular weight excluding hydrogens is 376 g/mol. The van der Waals surface area contributed by atoms with Gasteiger partial charge in [0.1, 0.15) is 11.3 Å². The zero-order valence-electron chi connectivity index (χ0n) is 15.6. The third-order valence-corrected chi connectivity index (χ3v) is 6.91. The molecule has 1 N–H and O–H groups in total. The van der Waals surface area contributed by atoms with Crippen LogP contribution in [0, 0.1) is 0 Å². The summed E-state index contributed by atoms with van der Waals surface area (Å²) in [4.78, 5) is 12.8. The van der Waals surface area contributed by atoms with Gasteiger partial charge >= 0.3 is 0 Å². The molecule has 0 aliphatic carbocycles. The number of rotatable bonds is 5. The van der Waals surface area contributed by atoms with Crippen LogP contribution in [0.2, 0.25) is 0 Å². The summed E-state index contributed by atoms with van der Waals surface area (Å²) in [6.07, 6.45) is 1.74. The molecule has 1 amide bonds. The summed E-state index contributed by atoms with van der Waals surface area (Å²) in [7, 11) is -3.56. The van der Waals surface area contributed by atoms with Crippen molar-refractivity contribution in [3.05, 3.63) is 65.9 Å². The second-order valence-corrected chi connectivity index (χ2v) is 8.96. The number of benzene rings is 2. The molecule has 2 heterocycles. The van der Waals surface area contributed by atoms with Gasteiger partial charge in [-0.15, -0.1) is 0 Å². The van der Waals surface area contributed by atoms with Gasteiger partial charge in [0.25, 0.3) is 5.91 Å². The van der Waals surface area contributed by atoms with Crippen LogP contribution in [0.1, 0.15) is 41.9 Å². The first-order valence-electron chi connectivity index (χ1n) is 9.35. The number of sulfonamides is 1. The molecule has 1 atom stereocenters. The Bertz CT molecular complexity index is 1080. The monoisotopic (exact) mass is 398 g/mol. The van der Waals surface area contributed by atoms with Crippen molar-refractivity contribution >= 4 is 26.9 Å². The molecule has 0 unspecified atom stereocenters. The van der Waals surface area contributed by atoms with E-state index < -0.39 is 10.0 Å². The van der Waals surface area contributed by atoms with Crippen LogP contribution in [0.25, 0.3) is 11.0 Å². The molecule has 0 spiro atoms. The maximum absolute atomic E-state index is 12.7. The van der Waals surface area contributed by atoms with Crippen molar-refractivity contribution in [3.63, 3.8) is 0 Å². The van der Waals surface area contributed by atoms with E-state index in [1.165, 1.54) is 16.4 Å². The van der Waals surface area contributed by atoms with Crippen LogP contribution in [0.5, 0.6) is 0 Å². The standard InChI is InChI=1S/C21H22N2O4S/c1-15(20-14-16-7-2-3-10-19(16)27-20)22-21(24)17-8-6-9-18(13-17)28(25,26)23-11-4-5-12-23/h2-3,6-10,13-15H,4-5,11-12H2,1H3,(H,22,24)/t15-/m1/s1. The number of fused-ring (bicyclic) bond motifs is 1. The third kappa shape index (κ3) is 3.55. The van der Waals surface area contributed by atoms with Gasteiger partial charge in [0.15, 0.2) is 0 Å². The summed E-state index contributed by atoms with van der Waals surface area (Å²) in [6, 6.07) is 15.4. The molecule has 2 aromatic carbocycles. The summed E-state index contributed by atoms with van der Waals surface area (Å²) < 4.78 is 32.7. The van der Waals surface area contributed by atoms with E-state index in [0.29, 0.717) is 24.4 Å². The Morgan fingerprint density at radius 3 is 2.57 bits per heavy atom. The lowest BCUT2D eigenvalue weighted by Crippen LogP contribution is -2.29. The van der Waals surface area contributed by atoms with Crippen molar-refractivity contribution in [1.82, 2.24) is 9.62 Å². The van der Waals surface area contributed by atoms with E-state index in [-0.39, 0.29) is 16.8 Å². The zero-order valence-corrected chi connectivity index (χ0v) is 16.4. The van der Waals surface area contributed by atoms with Crippen molar-refractivity contribution in [3.8, 4) is 0 Å². The minimum atomic E-state index is -3.56. The molecule has 6 nitrogen and oxygen atoms in total. The number of carbonyl (C=O) groups excluding carboxylic acids is 1. The molecule has 7 heteroatoms. The summed E-state index contributed by atoms with van der Waals surface area (Å²) in [6.45, 7) is 2.89. The van der Waals surface area contributed by atoms with Gasteiger partial charge in [-0.2, -0.15) is 4.31 Å². The van der Waals surface area contributed by atoms with Crippen molar-refractivity contribution in [2.45, 2.75) is 30.7 Å². The average Bonchev–Trinajstić information content (AvgIpc) is 3.38. The van der Waals surface area contributed by atoms with E-state index >= 15 is 0 Å². The van der Waals surface area contributed by atoms with Gasteiger partial charge in [0.2, 0.25) is 10.0 Å². The van der Waals surface area contributed by atoms with Crippen molar-refractivity contribution in [2.24, 2.45) is 0 Å². The number of nitrogens with zero attached hydrogens (tertiary/aromatic N) is 1. The molecule has 1 fully saturated rings. The Hall–Kier alpha value is -2.64. The third-order valence-electron chi connectivity index (χ3n) is 5.02.